The molecule has 0 bridgehead atoms. The molecule has 1 N–H and O–H groups in total. The zero-order chi connectivity index (χ0) is 15.0. The SMILES string of the molecule is CCC1=NN(C(=O)c2ccncc2)C(O)(C(F)(F)F)C1. The summed E-state index contributed by atoms with van der Waals surface area (Å²) in [6.07, 6.45) is -2.95. The second-order valence-corrected chi connectivity index (χ2v) is 4.36. The number of hydrazone groups is 1. The average molecular weight is 287 g/mol. The van der Waals surface area contributed by atoms with Gasteiger partial charge in [-0.3, -0.25) is 9.78 Å². The first-order chi connectivity index (χ1) is 9.29. The zero-order valence-electron chi connectivity index (χ0n) is 10.6. The highest BCUT2D eigenvalue weighted by Crippen LogP contribution is 2.41. The molecule has 0 saturated heterocycles. The first-order valence-electron chi connectivity index (χ1n) is 5.89. The summed E-state index contributed by atoms with van der Waals surface area (Å²) in [6.45, 7) is 1.61. The maximum atomic E-state index is 13.1. The lowest BCUT2D eigenvalue weighted by Crippen LogP contribution is -2.56. The molecule has 0 spiro atoms. The van der Waals surface area contributed by atoms with Crippen molar-refractivity contribution in [3.63, 3.8) is 0 Å². The molecule has 2 rings (SSSR count). The van der Waals surface area contributed by atoms with Crippen LogP contribution in [-0.2, 0) is 0 Å². The van der Waals surface area contributed by atoms with Gasteiger partial charge in [0, 0.05) is 30.1 Å². The number of amides is 1. The number of pyridine rings is 1. The Morgan fingerprint density at radius 3 is 2.55 bits per heavy atom. The van der Waals surface area contributed by atoms with Crippen LogP contribution in [0, 0.1) is 0 Å². The second kappa shape index (κ2) is 4.86. The van der Waals surface area contributed by atoms with Crippen molar-refractivity contribution in [2.24, 2.45) is 5.10 Å². The van der Waals surface area contributed by atoms with E-state index in [-0.39, 0.29) is 22.7 Å². The Kier molecular flexibility index (Phi) is 3.51. The van der Waals surface area contributed by atoms with Crippen LogP contribution in [-0.4, -0.2) is 38.6 Å². The monoisotopic (exact) mass is 287 g/mol. The molecule has 5 nitrogen and oxygen atoms in total. The van der Waals surface area contributed by atoms with Gasteiger partial charge in [0.25, 0.3) is 11.6 Å². The summed E-state index contributed by atoms with van der Waals surface area (Å²) in [7, 11) is 0. The van der Waals surface area contributed by atoms with Crippen molar-refractivity contribution in [3.05, 3.63) is 30.1 Å². The maximum Gasteiger partial charge on any atom is 0.438 e. The molecule has 0 fully saturated rings. The van der Waals surface area contributed by atoms with Gasteiger partial charge in [-0.05, 0) is 18.6 Å². The zero-order valence-corrected chi connectivity index (χ0v) is 10.6. The van der Waals surface area contributed by atoms with Crippen molar-refractivity contribution in [1.29, 1.82) is 0 Å². The lowest BCUT2D eigenvalue weighted by molar-refractivity contribution is -0.297. The quantitative estimate of drug-likeness (QED) is 0.904. The van der Waals surface area contributed by atoms with Crippen LogP contribution in [0.1, 0.15) is 30.1 Å². The number of hydrogen-bond acceptors (Lipinski definition) is 4. The fourth-order valence-corrected chi connectivity index (χ4v) is 1.87. The van der Waals surface area contributed by atoms with E-state index in [2.05, 4.69) is 10.1 Å². The predicted molar refractivity (Wildman–Crippen MR) is 63.8 cm³/mol. The van der Waals surface area contributed by atoms with E-state index in [1.54, 1.807) is 6.92 Å². The molecule has 1 aromatic heterocycles. The van der Waals surface area contributed by atoms with Gasteiger partial charge in [-0.2, -0.15) is 23.3 Å². The summed E-state index contributed by atoms with van der Waals surface area (Å²) < 4.78 is 39.2. The molecule has 0 saturated carbocycles. The largest absolute Gasteiger partial charge is 0.438 e. The summed E-state index contributed by atoms with van der Waals surface area (Å²) in [6, 6.07) is 2.52. The number of aromatic nitrogens is 1. The summed E-state index contributed by atoms with van der Waals surface area (Å²) in [5, 5.41) is 13.6. The highest BCUT2D eigenvalue weighted by Gasteiger charge is 2.63. The van der Waals surface area contributed by atoms with Crippen LogP contribution in [0.4, 0.5) is 13.2 Å². The van der Waals surface area contributed by atoms with E-state index >= 15 is 0 Å². The van der Waals surface area contributed by atoms with E-state index in [0.29, 0.717) is 0 Å². The summed E-state index contributed by atoms with van der Waals surface area (Å²) in [4.78, 5) is 15.8. The van der Waals surface area contributed by atoms with Crippen LogP contribution < -0.4 is 0 Å². The van der Waals surface area contributed by atoms with Crippen LogP contribution in [0.2, 0.25) is 0 Å². The minimum absolute atomic E-state index is 0.0243. The molecule has 20 heavy (non-hydrogen) atoms. The molecule has 1 aliphatic heterocycles. The van der Waals surface area contributed by atoms with Crippen LogP contribution in [0.25, 0.3) is 0 Å². The van der Waals surface area contributed by atoms with Gasteiger partial charge in [0.2, 0.25) is 0 Å². The van der Waals surface area contributed by atoms with Crippen LogP contribution in [0.5, 0.6) is 0 Å². The number of halogens is 3. The molecular formula is C12H12F3N3O2. The van der Waals surface area contributed by atoms with Crippen LogP contribution in [0.15, 0.2) is 29.6 Å². The molecule has 2 heterocycles. The van der Waals surface area contributed by atoms with Crippen LogP contribution >= 0.6 is 0 Å². The Morgan fingerprint density at radius 2 is 2.05 bits per heavy atom. The van der Waals surface area contributed by atoms with Crippen molar-refractivity contribution in [2.45, 2.75) is 31.7 Å². The number of aliphatic hydroxyl groups is 1. The van der Waals surface area contributed by atoms with E-state index in [1.807, 2.05) is 0 Å². The average Bonchev–Trinajstić information content (AvgIpc) is 2.77. The summed E-state index contributed by atoms with van der Waals surface area (Å²) >= 11 is 0. The molecule has 0 aliphatic carbocycles. The summed E-state index contributed by atoms with van der Waals surface area (Å²) in [5.41, 5.74) is -3.20. The van der Waals surface area contributed by atoms with Crippen molar-refractivity contribution >= 4 is 11.6 Å². The third-order valence-electron chi connectivity index (χ3n) is 3.02. The van der Waals surface area contributed by atoms with Gasteiger partial charge in [-0.25, -0.2) is 0 Å². The molecular weight excluding hydrogens is 275 g/mol. The lowest BCUT2D eigenvalue weighted by atomic mass is 10.0. The van der Waals surface area contributed by atoms with E-state index in [9.17, 15) is 23.1 Å². The number of carbonyl (C=O) groups is 1. The first-order valence-corrected chi connectivity index (χ1v) is 5.89. The first kappa shape index (κ1) is 14.4. The van der Waals surface area contributed by atoms with E-state index in [4.69, 9.17) is 0 Å². The minimum Gasteiger partial charge on any atom is -0.362 e. The normalized spacial score (nSPS) is 22.9. The number of carbonyl (C=O) groups excluding carboxylic acids is 1. The lowest BCUT2D eigenvalue weighted by Gasteiger charge is -2.32. The van der Waals surface area contributed by atoms with Gasteiger partial charge in [-0.15, -0.1) is 0 Å². The standard InChI is InChI=1S/C12H12F3N3O2/c1-2-9-7-11(20,12(13,14)15)18(17-9)10(19)8-3-5-16-6-4-8/h3-6,20H,2,7H2,1H3. The van der Waals surface area contributed by atoms with E-state index < -0.39 is 24.2 Å². The smallest absolute Gasteiger partial charge is 0.362 e. The molecule has 1 amide bonds. The highest BCUT2D eigenvalue weighted by atomic mass is 19.4. The minimum atomic E-state index is -4.99. The molecule has 1 aliphatic rings. The summed E-state index contributed by atoms with van der Waals surface area (Å²) in [5.74, 6) is -1.02. The van der Waals surface area contributed by atoms with Gasteiger partial charge in [0.1, 0.15) is 0 Å². The number of alkyl halides is 3. The van der Waals surface area contributed by atoms with E-state index in [1.165, 1.54) is 24.5 Å². The molecule has 0 aromatic carbocycles. The van der Waals surface area contributed by atoms with Crippen molar-refractivity contribution in [3.8, 4) is 0 Å². The number of nitrogens with zero attached hydrogens (tertiary/aromatic N) is 3. The Hall–Kier alpha value is -1.96. The molecule has 1 atom stereocenters. The predicted octanol–water partition coefficient (Wildman–Crippen LogP) is 1.94. The van der Waals surface area contributed by atoms with Crippen molar-refractivity contribution in [1.82, 2.24) is 9.99 Å². The fraction of sp³-hybridized carbons (Fsp3) is 0.417. The Labute approximate surface area is 112 Å². The van der Waals surface area contributed by atoms with Crippen LogP contribution in [0.3, 0.4) is 0 Å². The van der Waals surface area contributed by atoms with Gasteiger partial charge < -0.3 is 5.11 Å². The van der Waals surface area contributed by atoms with Gasteiger partial charge in [-0.1, -0.05) is 6.92 Å². The van der Waals surface area contributed by atoms with Gasteiger partial charge in [0.15, 0.2) is 0 Å². The van der Waals surface area contributed by atoms with Gasteiger partial charge >= 0.3 is 6.18 Å². The van der Waals surface area contributed by atoms with Gasteiger partial charge in [0.05, 0.1) is 0 Å². The fourth-order valence-electron chi connectivity index (χ4n) is 1.87. The molecule has 0 radical (unpaired) electrons. The Bertz CT molecular complexity index is 545. The number of hydrogen-bond donors (Lipinski definition) is 1. The Morgan fingerprint density at radius 1 is 1.45 bits per heavy atom. The highest BCUT2D eigenvalue weighted by molar-refractivity contribution is 5.98. The van der Waals surface area contributed by atoms with Crippen molar-refractivity contribution < 1.29 is 23.1 Å². The molecule has 1 unspecified atom stereocenters. The molecule has 108 valence electrons. The third kappa shape index (κ3) is 2.26. The molecule has 8 heteroatoms. The maximum absolute atomic E-state index is 13.1. The third-order valence-corrected chi connectivity index (χ3v) is 3.02. The van der Waals surface area contributed by atoms with E-state index in [0.717, 1.165) is 0 Å². The molecule has 1 aromatic rings. The Balaban J connectivity index is 2.41. The second-order valence-electron chi connectivity index (χ2n) is 4.36. The topological polar surface area (TPSA) is 65.8 Å². The number of rotatable bonds is 2. The van der Waals surface area contributed by atoms with Crippen molar-refractivity contribution in [2.75, 3.05) is 0 Å².